The van der Waals surface area contributed by atoms with Crippen LogP contribution in [0.25, 0.3) is 17.2 Å². The molecule has 0 aliphatic heterocycles. The van der Waals surface area contributed by atoms with Crippen LogP contribution in [0.5, 0.6) is 0 Å². The molecule has 0 heterocycles. The maximum Gasteiger partial charge on any atom is 0.266 e. The zero-order valence-corrected chi connectivity index (χ0v) is 30.0. The van der Waals surface area contributed by atoms with Crippen molar-refractivity contribution in [3.05, 3.63) is 130 Å². The normalized spacial score (nSPS) is 12.9. The molecule has 0 saturated heterocycles. The van der Waals surface area contributed by atoms with Crippen molar-refractivity contribution in [3.63, 3.8) is 0 Å². The van der Waals surface area contributed by atoms with Crippen molar-refractivity contribution in [1.82, 2.24) is 5.32 Å². The van der Waals surface area contributed by atoms with Crippen LogP contribution < -0.4 is 10.6 Å². The quantitative estimate of drug-likeness (QED) is 0.136. The van der Waals surface area contributed by atoms with Crippen molar-refractivity contribution in [2.45, 2.75) is 59.3 Å². The number of nitrogens with one attached hydrogen (secondary N) is 2. The molecule has 0 bridgehead atoms. The summed E-state index contributed by atoms with van der Waals surface area (Å²) in [6.45, 7) is 12.2. The van der Waals surface area contributed by atoms with Gasteiger partial charge in [-0.3, -0.25) is 14.1 Å². The molecule has 4 aromatic rings. The Labute approximate surface area is 293 Å². The van der Waals surface area contributed by atoms with E-state index < -0.39 is 45.2 Å². The Morgan fingerprint density at radius 2 is 1.46 bits per heavy atom. The maximum atomic E-state index is 15.5. The van der Waals surface area contributed by atoms with Crippen LogP contribution in [0.4, 0.5) is 14.5 Å². The van der Waals surface area contributed by atoms with Crippen LogP contribution in [0.2, 0.25) is 0 Å². The third kappa shape index (κ3) is 10.9. The molecule has 10 heteroatoms. The highest BCUT2D eigenvalue weighted by molar-refractivity contribution is 7.85. The highest BCUT2D eigenvalue weighted by atomic mass is 32.2. The van der Waals surface area contributed by atoms with Crippen molar-refractivity contribution >= 4 is 33.7 Å². The molecular weight excluding hydrogens is 659 g/mol. The number of halogens is 2. The zero-order chi connectivity index (χ0) is 36.9. The van der Waals surface area contributed by atoms with Crippen molar-refractivity contribution < 1.29 is 31.3 Å². The summed E-state index contributed by atoms with van der Waals surface area (Å²) in [5.74, 6) is -3.95. The minimum atomic E-state index is -4.22. The van der Waals surface area contributed by atoms with Crippen molar-refractivity contribution in [2.75, 3.05) is 17.6 Å². The van der Waals surface area contributed by atoms with Gasteiger partial charge in [-0.15, -0.1) is 0 Å². The molecule has 0 fully saturated rings. The van der Waals surface area contributed by atoms with Crippen molar-refractivity contribution in [1.29, 1.82) is 0 Å². The molecule has 0 aromatic heterocycles. The molecule has 1 unspecified atom stereocenters. The Morgan fingerprint density at radius 1 is 0.840 bits per heavy atom. The van der Waals surface area contributed by atoms with Gasteiger partial charge in [-0.1, -0.05) is 114 Å². The molecule has 0 spiro atoms. The smallest absolute Gasteiger partial charge is 0.266 e. The van der Waals surface area contributed by atoms with Gasteiger partial charge in [-0.25, -0.2) is 8.78 Å². The lowest BCUT2D eigenvalue weighted by molar-refractivity contribution is -0.117. The Morgan fingerprint density at radius 3 is 2.02 bits per heavy atom. The summed E-state index contributed by atoms with van der Waals surface area (Å²) in [4.78, 5) is 26.3. The van der Waals surface area contributed by atoms with Gasteiger partial charge < -0.3 is 10.6 Å². The molecule has 264 valence electrons. The molecule has 2 amide bonds. The predicted molar refractivity (Wildman–Crippen MR) is 196 cm³/mol. The largest absolute Gasteiger partial charge is 0.351 e. The Bertz CT molecular complexity index is 1960. The zero-order valence-electron chi connectivity index (χ0n) is 29.2. The van der Waals surface area contributed by atoms with Gasteiger partial charge in [0.1, 0.15) is 11.6 Å². The number of anilines is 1. The monoisotopic (exact) mass is 702 g/mol. The Kier molecular flexibility index (Phi) is 11.8. The van der Waals surface area contributed by atoms with Crippen LogP contribution in [-0.2, 0) is 26.7 Å². The van der Waals surface area contributed by atoms with E-state index in [4.69, 9.17) is 4.55 Å². The number of allylic oxidation sites excluding steroid dienone is 1. The van der Waals surface area contributed by atoms with Crippen molar-refractivity contribution in [3.8, 4) is 11.1 Å². The maximum absolute atomic E-state index is 15.5. The second kappa shape index (κ2) is 15.5. The molecule has 0 saturated carbocycles. The van der Waals surface area contributed by atoms with Gasteiger partial charge in [-0.2, -0.15) is 8.42 Å². The highest BCUT2D eigenvalue weighted by Crippen LogP contribution is 2.32. The summed E-state index contributed by atoms with van der Waals surface area (Å²) in [6.07, 6.45) is 4.25. The van der Waals surface area contributed by atoms with E-state index in [0.29, 0.717) is 16.7 Å². The molecule has 0 radical (unpaired) electrons. The van der Waals surface area contributed by atoms with Gasteiger partial charge in [0.2, 0.25) is 5.91 Å². The summed E-state index contributed by atoms with van der Waals surface area (Å²) in [5, 5.41) is 5.03. The first kappa shape index (κ1) is 38.1. The number of hydrogen-bond acceptors (Lipinski definition) is 4. The third-order valence-corrected chi connectivity index (χ3v) is 8.83. The van der Waals surface area contributed by atoms with Gasteiger partial charge >= 0.3 is 0 Å². The molecule has 0 aliphatic carbocycles. The Hall–Kier alpha value is -4.67. The van der Waals surface area contributed by atoms with Crippen LogP contribution in [0.3, 0.4) is 0 Å². The van der Waals surface area contributed by atoms with E-state index in [2.05, 4.69) is 58.3 Å². The van der Waals surface area contributed by atoms with Crippen LogP contribution in [0, 0.1) is 17.0 Å². The van der Waals surface area contributed by atoms with Gasteiger partial charge in [0.25, 0.3) is 16.0 Å². The third-order valence-electron chi connectivity index (χ3n) is 8.11. The minimum Gasteiger partial charge on any atom is -0.351 e. The van der Waals surface area contributed by atoms with E-state index in [1.54, 1.807) is 24.3 Å². The lowest BCUT2D eigenvalue weighted by atomic mass is 9.86. The summed E-state index contributed by atoms with van der Waals surface area (Å²) in [7, 11) is -4.22. The summed E-state index contributed by atoms with van der Waals surface area (Å²) in [5.41, 5.74) is 3.79. The molecule has 4 aromatic carbocycles. The summed E-state index contributed by atoms with van der Waals surface area (Å²) in [6, 6.07) is 23.2. The van der Waals surface area contributed by atoms with Gasteiger partial charge in [-0.05, 0) is 63.3 Å². The first-order valence-electron chi connectivity index (χ1n) is 16.3. The topological polar surface area (TPSA) is 113 Å². The van der Waals surface area contributed by atoms with E-state index in [1.807, 2.05) is 42.5 Å². The lowest BCUT2D eigenvalue weighted by Gasteiger charge is -2.20. The first-order chi connectivity index (χ1) is 23.3. The fraction of sp³-hybridized carbons (Fsp3) is 0.300. The Balaban J connectivity index is 1.59. The molecule has 7 nitrogen and oxygen atoms in total. The highest BCUT2D eigenvalue weighted by Gasteiger charge is 2.24. The summed E-state index contributed by atoms with van der Waals surface area (Å²) >= 11 is 0. The number of amides is 2. The number of benzene rings is 4. The molecule has 1 atom stereocenters. The minimum absolute atomic E-state index is 0.0224. The molecule has 0 aliphatic rings. The van der Waals surface area contributed by atoms with Gasteiger partial charge in [0.05, 0.1) is 17.4 Å². The summed E-state index contributed by atoms with van der Waals surface area (Å²) < 4.78 is 61.7. The number of carbonyl (C=O) groups excluding carboxylic acids is 2. The van der Waals surface area contributed by atoms with E-state index in [-0.39, 0.29) is 40.6 Å². The average Bonchev–Trinajstić information content (AvgIpc) is 3.03. The fourth-order valence-corrected chi connectivity index (χ4v) is 5.56. The van der Waals surface area contributed by atoms with Crippen molar-refractivity contribution in [2.24, 2.45) is 5.41 Å². The molecule has 4 rings (SSSR count). The predicted octanol–water partition coefficient (Wildman–Crippen LogP) is 8.57. The van der Waals surface area contributed by atoms with E-state index in [9.17, 15) is 18.0 Å². The SMILES string of the molecule is CC(C)(C)/C=C/c1ccc(C(Cc2ccc(C(=O)NCCS(=O)(=O)O)cc2)C(=O)Nc2cc(F)c(-c3ccc(C(C)(C)C)cc3)cc2F)cc1. The van der Waals surface area contributed by atoms with Crippen LogP contribution in [-0.4, -0.2) is 37.1 Å². The standard InChI is InChI=1S/C40H44F2N2O5S/c1-39(2,3)20-19-26-7-11-29(12-8-26)33(23-27-9-13-30(14-10-27)37(45)43-21-22-50(47,48)49)38(46)44-36-25-34(41)32(24-35(36)42)28-15-17-31(18-16-28)40(4,5)6/h7-20,24-25,33H,21-23H2,1-6H3,(H,43,45)(H,44,46)(H,47,48,49)/b20-19+. The van der Waals surface area contributed by atoms with E-state index in [0.717, 1.165) is 23.3 Å². The lowest BCUT2D eigenvalue weighted by Crippen LogP contribution is -2.28. The second-order valence-electron chi connectivity index (χ2n) is 14.5. The van der Waals surface area contributed by atoms with Crippen LogP contribution in [0.15, 0.2) is 91.0 Å². The molecule has 50 heavy (non-hydrogen) atoms. The number of rotatable bonds is 11. The second-order valence-corrected chi connectivity index (χ2v) is 16.1. The van der Waals surface area contributed by atoms with Crippen LogP contribution in [0.1, 0.15) is 80.1 Å². The van der Waals surface area contributed by atoms with E-state index >= 15 is 8.78 Å². The van der Waals surface area contributed by atoms with Gasteiger partial charge in [0, 0.05) is 23.7 Å². The fourth-order valence-electron chi connectivity index (χ4n) is 5.20. The number of hydrogen-bond donors (Lipinski definition) is 3. The average molecular weight is 703 g/mol. The molecule has 3 N–H and O–H groups in total. The van der Waals surface area contributed by atoms with Gasteiger partial charge in [0.15, 0.2) is 0 Å². The van der Waals surface area contributed by atoms with E-state index in [1.165, 1.54) is 12.1 Å². The first-order valence-corrected chi connectivity index (χ1v) is 17.9. The number of carbonyl (C=O) groups is 2. The van der Waals surface area contributed by atoms with Crippen LogP contribution >= 0.6 is 0 Å². The molecular formula is C40H44F2N2O5S.